The van der Waals surface area contributed by atoms with E-state index in [9.17, 15) is 24.6 Å². The smallest absolute Gasteiger partial charge is 0.189 e. The first kappa shape index (κ1) is 16.8. The summed E-state index contributed by atoms with van der Waals surface area (Å²) in [6.45, 7) is 0. The van der Waals surface area contributed by atoms with E-state index < -0.39 is 34.8 Å². The minimum atomic E-state index is -1.95. The van der Waals surface area contributed by atoms with E-state index in [4.69, 9.17) is 5.41 Å². The first-order chi connectivity index (χ1) is 12.0. The van der Waals surface area contributed by atoms with Gasteiger partial charge in [0.1, 0.15) is 17.6 Å². The molecule has 0 radical (unpaired) electrons. The lowest BCUT2D eigenvalue weighted by molar-refractivity contribution is 0.312. The molecule has 1 aromatic rings. The van der Waals surface area contributed by atoms with Crippen LogP contribution in [0.4, 0.5) is 8.78 Å². The summed E-state index contributed by atoms with van der Waals surface area (Å²) in [5.74, 6) is -3.88. The van der Waals surface area contributed by atoms with Crippen molar-refractivity contribution < 1.29 is 8.78 Å². The molecule has 1 aromatic carbocycles. The van der Waals surface area contributed by atoms with Crippen molar-refractivity contribution in [3.8, 4) is 18.2 Å². The molecule has 0 aromatic heterocycles. The summed E-state index contributed by atoms with van der Waals surface area (Å²) in [5.41, 5.74) is -1.55. The van der Waals surface area contributed by atoms with Gasteiger partial charge in [0, 0.05) is 12.0 Å². The Morgan fingerprint density at radius 2 is 1.88 bits per heavy atom. The average molecular weight is 336 g/mol. The van der Waals surface area contributed by atoms with Crippen LogP contribution in [-0.4, -0.2) is 5.71 Å². The summed E-state index contributed by atoms with van der Waals surface area (Å²) in [7, 11) is 0. The van der Waals surface area contributed by atoms with Crippen molar-refractivity contribution >= 4 is 5.71 Å². The first-order valence-electron chi connectivity index (χ1n) is 7.96. The molecular formula is C19H14F2N4. The molecule has 0 heterocycles. The number of nitrogens with one attached hydrogen (secondary N) is 1. The monoisotopic (exact) mass is 336 g/mol. The van der Waals surface area contributed by atoms with Gasteiger partial charge in [-0.3, -0.25) is 0 Å². The Labute approximate surface area is 144 Å². The van der Waals surface area contributed by atoms with E-state index in [2.05, 4.69) is 0 Å². The lowest BCUT2D eigenvalue weighted by Gasteiger charge is -2.45. The number of fused-ring (bicyclic) bond motifs is 1. The number of benzene rings is 1. The molecule has 0 saturated heterocycles. The number of halogens is 2. The highest BCUT2D eigenvalue weighted by atomic mass is 19.1. The van der Waals surface area contributed by atoms with Gasteiger partial charge in [0.2, 0.25) is 0 Å². The molecule has 1 saturated carbocycles. The van der Waals surface area contributed by atoms with Gasteiger partial charge in [0.25, 0.3) is 0 Å². The SMILES string of the molecule is N#C[C@@H]1C(=N)C(C#N)(C#N)[C@@H](c2ccc(F)cc2F)[C@@H]2CCCC=C12. The average Bonchev–Trinajstić information content (AvgIpc) is 2.62. The molecule has 0 bridgehead atoms. The van der Waals surface area contributed by atoms with E-state index in [-0.39, 0.29) is 11.3 Å². The van der Waals surface area contributed by atoms with Crippen LogP contribution in [0.5, 0.6) is 0 Å². The Morgan fingerprint density at radius 3 is 2.48 bits per heavy atom. The topological polar surface area (TPSA) is 95.2 Å². The lowest BCUT2D eigenvalue weighted by atomic mass is 9.53. The van der Waals surface area contributed by atoms with Crippen molar-refractivity contribution in [3.63, 3.8) is 0 Å². The Bertz CT molecular complexity index is 883. The van der Waals surface area contributed by atoms with Gasteiger partial charge in [-0.15, -0.1) is 0 Å². The van der Waals surface area contributed by atoms with Crippen LogP contribution in [0.3, 0.4) is 0 Å². The van der Waals surface area contributed by atoms with Crippen LogP contribution >= 0.6 is 0 Å². The number of hydrogen-bond acceptors (Lipinski definition) is 4. The van der Waals surface area contributed by atoms with Crippen LogP contribution in [0.1, 0.15) is 30.7 Å². The Hall–Kier alpha value is -3.04. The molecule has 25 heavy (non-hydrogen) atoms. The zero-order valence-corrected chi connectivity index (χ0v) is 13.3. The van der Waals surface area contributed by atoms with Crippen molar-refractivity contribution in [1.82, 2.24) is 0 Å². The van der Waals surface area contributed by atoms with Crippen LogP contribution in [0, 0.1) is 68.3 Å². The second-order valence-corrected chi connectivity index (χ2v) is 6.39. The molecule has 6 heteroatoms. The molecule has 1 fully saturated rings. The second-order valence-electron chi connectivity index (χ2n) is 6.39. The van der Waals surface area contributed by atoms with E-state index in [1.54, 1.807) is 0 Å². The van der Waals surface area contributed by atoms with Crippen LogP contribution in [-0.2, 0) is 0 Å². The van der Waals surface area contributed by atoms with Gasteiger partial charge in [-0.2, -0.15) is 15.8 Å². The summed E-state index contributed by atoms with van der Waals surface area (Å²) in [6.07, 6.45) is 3.97. The fraction of sp³-hybridized carbons (Fsp3) is 0.368. The van der Waals surface area contributed by atoms with Gasteiger partial charge in [-0.25, -0.2) is 8.78 Å². The van der Waals surface area contributed by atoms with Crippen LogP contribution in [0.15, 0.2) is 29.8 Å². The van der Waals surface area contributed by atoms with E-state index in [1.807, 2.05) is 24.3 Å². The number of allylic oxidation sites excluding steroid dienone is 2. The maximum atomic E-state index is 14.5. The first-order valence-corrected chi connectivity index (χ1v) is 7.96. The van der Waals surface area contributed by atoms with Gasteiger partial charge in [-0.1, -0.05) is 12.1 Å². The van der Waals surface area contributed by atoms with E-state index in [1.165, 1.54) is 6.07 Å². The third-order valence-electron chi connectivity index (χ3n) is 5.22. The highest BCUT2D eigenvalue weighted by Crippen LogP contribution is 2.55. The summed E-state index contributed by atoms with van der Waals surface area (Å²) in [6, 6.07) is 8.84. The molecule has 0 unspecified atom stereocenters. The fourth-order valence-electron chi connectivity index (χ4n) is 4.11. The third-order valence-corrected chi connectivity index (χ3v) is 5.22. The number of nitriles is 3. The van der Waals surface area contributed by atoms with Crippen molar-refractivity contribution in [1.29, 1.82) is 21.2 Å². The minimum Gasteiger partial charge on any atom is -0.305 e. The van der Waals surface area contributed by atoms with Gasteiger partial charge in [0.15, 0.2) is 5.41 Å². The molecule has 2 aliphatic carbocycles. The van der Waals surface area contributed by atoms with Crippen molar-refractivity contribution in [2.24, 2.45) is 17.3 Å². The van der Waals surface area contributed by atoms with Crippen LogP contribution in [0.25, 0.3) is 0 Å². The van der Waals surface area contributed by atoms with Crippen molar-refractivity contribution in [2.75, 3.05) is 0 Å². The molecule has 4 nitrogen and oxygen atoms in total. The quantitative estimate of drug-likeness (QED) is 0.786. The molecule has 124 valence electrons. The lowest BCUT2D eigenvalue weighted by Crippen LogP contribution is -2.49. The van der Waals surface area contributed by atoms with E-state index >= 15 is 0 Å². The zero-order chi connectivity index (χ0) is 18.2. The second kappa shape index (κ2) is 6.11. The Balaban J connectivity index is 2.29. The highest BCUT2D eigenvalue weighted by Gasteiger charge is 2.57. The normalized spacial score (nSPS) is 27.2. The predicted octanol–water partition coefficient (Wildman–Crippen LogP) is 3.98. The molecule has 1 N–H and O–H groups in total. The Kier molecular flexibility index (Phi) is 4.11. The molecule has 3 rings (SSSR count). The van der Waals surface area contributed by atoms with E-state index in [0.29, 0.717) is 12.0 Å². The summed E-state index contributed by atoms with van der Waals surface area (Å²) in [4.78, 5) is 0. The molecule has 0 aliphatic heterocycles. The van der Waals surface area contributed by atoms with Gasteiger partial charge < -0.3 is 5.41 Å². The Morgan fingerprint density at radius 1 is 1.16 bits per heavy atom. The number of rotatable bonds is 1. The van der Waals surface area contributed by atoms with Crippen LogP contribution in [0.2, 0.25) is 0 Å². The maximum absolute atomic E-state index is 14.5. The van der Waals surface area contributed by atoms with Gasteiger partial charge in [-0.05, 0) is 42.4 Å². The van der Waals surface area contributed by atoms with Gasteiger partial charge >= 0.3 is 0 Å². The molecule has 2 aliphatic rings. The van der Waals surface area contributed by atoms with Crippen LogP contribution < -0.4 is 0 Å². The summed E-state index contributed by atoms with van der Waals surface area (Å²) in [5, 5.41) is 37.4. The third kappa shape index (κ3) is 2.32. The van der Waals surface area contributed by atoms with E-state index in [0.717, 1.165) is 25.0 Å². The molecule has 0 spiro atoms. The summed E-state index contributed by atoms with van der Waals surface area (Å²) < 4.78 is 27.8. The highest BCUT2D eigenvalue weighted by molar-refractivity contribution is 6.00. The maximum Gasteiger partial charge on any atom is 0.189 e. The fourth-order valence-corrected chi connectivity index (χ4v) is 4.11. The summed E-state index contributed by atoms with van der Waals surface area (Å²) >= 11 is 0. The standard InChI is InChI=1S/C19H14F2N4/c20-11-5-6-14(16(21)7-11)17-13-4-2-1-3-12(13)15(8-22)18(25)19(17,9-23)10-24/h3,5-7,13,15,17,25H,1-2,4H2/t13-,15+,17-/m1/s1. The minimum absolute atomic E-state index is 0.0449. The predicted molar refractivity (Wildman–Crippen MR) is 85.0 cm³/mol. The molecule has 0 amide bonds. The van der Waals surface area contributed by atoms with Crippen molar-refractivity contribution in [2.45, 2.75) is 25.2 Å². The van der Waals surface area contributed by atoms with Crippen molar-refractivity contribution in [3.05, 3.63) is 47.0 Å². The number of hydrogen-bond donors (Lipinski definition) is 1. The van der Waals surface area contributed by atoms with Gasteiger partial charge in [0.05, 0.1) is 23.9 Å². The number of nitrogens with zero attached hydrogens (tertiary/aromatic N) is 3. The molecular weight excluding hydrogens is 322 g/mol. The molecule has 3 atom stereocenters. The largest absolute Gasteiger partial charge is 0.305 e. The zero-order valence-electron chi connectivity index (χ0n) is 13.3.